The molecule has 2 aromatic carbocycles. The Labute approximate surface area is 145 Å². The van der Waals surface area contributed by atoms with Crippen LogP contribution in [-0.4, -0.2) is 18.5 Å². The second-order valence-electron chi connectivity index (χ2n) is 5.98. The summed E-state index contributed by atoms with van der Waals surface area (Å²) in [7, 11) is 0. The lowest BCUT2D eigenvalue weighted by molar-refractivity contribution is 0.174. The summed E-state index contributed by atoms with van der Waals surface area (Å²) in [5, 5.41) is 5.28. The lowest BCUT2D eigenvalue weighted by Crippen LogP contribution is -2.21. The van der Waals surface area contributed by atoms with Crippen molar-refractivity contribution in [3.8, 4) is 11.5 Å². The summed E-state index contributed by atoms with van der Waals surface area (Å²) in [4.78, 5) is 0. The molecule has 2 aliphatic rings. The Morgan fingerprint density at radius 3 is 2.83 bits per heavy atom. The average molecular weight is 341 g/mol. The van der Waals surface area contributed by atoms with Crippen LogP contribution >= 0.6 is 11.6 Å². The highest BCUT2D eigenvalue weighted by atomic mass is 35.5. The van der Waals surface area contributed by atoms with Crippen LogP contribution in [0.1, 0.15) is 23.6 Å². The van der Waals surface area contributed by atoms with Crippen molar-refractivity contribution in [2.45, 2.75) is 19.4 Å². The second kappa shape index (κ2) is 6.21. The summed E-state index contributed by atoms with van der Waals surface area (Å²) >= 11 is 6.05. The number of hydrogen-bond acceptors (Lipinski definition) is 4. The van der Waals surface area contributed by atoms with E-state index in [1.54, 1.807) is 0 Å². The van der Waals surface area contributed by atoms with Crippen LogP contribution in [0.25, 0.3) is 6.08 Å². The van der Waals surface area contributed by atoms with Gasteiger partial charge < -0.3 is 14.9 Å². The third-order valence-electron chi connectivity index (χ3n) is 4.09. The summed E-state index contributed by atoms with van der Waals surface area (Å²) in [5.74, 6) is 1.58. The molecule has 2 aromatic rings. The maximum absolute atomic E-state index is 6.05. The summed E-state index contributed by atoms with van der Waals surface area (Å²) < 4.78 is 11.0. The number of rotatable bonds is 2. The molecule has 1 N–H and O–H groups in total. The Bertz CT molecular complexity index is 845. The predicted octanol–water partition coefficient (Wildman–Crippen LogP) is 4.02. The number of hydrogen-bond donors (Lipinski definition) is 1. The molecular formula is C19H17ClN2O2. The van der Waals surface area contributed by atoms with Gasteiger partial charge >= 0.3 is 0 Å². The molecule has 122 valence electrons. The molecule has 0 aromatic heterocycles. The van der Waals surface area contributed by atoms with E-state index in [-0.39, 0.29) is 12.8 Å². The van der Waals surface area contributed by atoms with Gasteiger partial charge in [0.15, 0.2) is 11.5 Å². The highest BCUT2D eigenvalue weighted by Gasteiger charge is 2.22. The number of benzene rings is 2. The van der Waals surface area contributed by atoms with Crippen molar-refractivity contribution in [2.75, 3.05) is 6.79 Å². The normalized spacial score (nSPS) is 18.8. The van der Waals surface area contributed by atoms with Crippen LogP contribution in [0.5, 0.6) is 11.5 Å². The highest BCUT2D eigenvalue weighted by Crippen LogP contribution is 2.36. The predicted molar refractivity (Wildman–Crippen MR) is 95.9 cm³/mol. The van der Waals surface area contributed by atoms with Crippen LogP contribution in [0.4, 0.5) is 0 Å². The van der Waals surface area contributed by atoms with Crippen molar-refractivity contribution in [1.82, 2.24) is 5.43 Å². The van der Waals surface area contributed by atoms with E-state index in [4.69, 9.17) is 21.1 Å². The van der Waals surface area contributed by atoms with Gasteiger partial charge in [0.05, 0.1) is 5.71 Å². The minimum atomic E-state index is 0.251. The first-order valence-electron chi connectivity index (χ1n) is 7.89. The SMILES string of the molecule is CC1Cc2cc3c(cc2C(/C=C/c2cccc(Cl)c2)=NN1)OCO3. The minimum Gasteiger partial charge on any atom is -0.454 e. The fraction of sp³-hybridized carbons (Fsp3) is 0.211. The standard InChI is InChI=1S/C19H17ClN2O2/c1-12-7-14-9-18-19(24-11-23-18)10-16(14)17(22-21-12)6-5-13-3-2-4-15(20)8-13/h2-6,8-10,12,21H,7,11H2,1H3/b6-5+. The zero-order chi connectivity index (χ0) is 16.5. The second-order valence-corrected chi connectivity index (χ2v) is 6.42. The first kappa shape index (κ1) is 15.1. The molecule has 0 fully saturated rings. The highest BCUT2D eigenvalue weighted by molar-refractivity contribution is 6.30. The molecule has 2 aliphatic heterocycles. The molecule has 0 bridgehead atoms. The van der Waals surface area contributed by atoms with Gasteiger partial charge in [-0.25, -0.2) is 0 Å². The lowest BCUT2D eigenvalue weighted by Gasteiger charge is -2.10. The first-order valence-corrected chi connectivity index (χ1v) is 8.26. The molecule has 1 unspecified atom stereocenters. The van der Waals surface area contributed by atoms with Crippen molar-refractivity contribution >= 4 is 23.4 Å². The molecule has 0 amide bonds. The van der Waals surface area contributed by atoms with Crippen LogP contribution in [-0.2, 0) is 6.42 Å². The third-order valence-corrected chi connectivity index (χ3v) is 4.32. The van der Waals surface area contributed by atoms with Crippen molar-refractivity contribution < 1.29 is 9.47 Å². The van der Waals surface area contributed by atoms with E-state index < -0.39 is 0 Å². The first-order chi connectivity index (χ1) is 11.7. The maximum Gasteiger partial charge on any atom is 0.231 e. The van der Waals surface area contributed by atoms with Crippen LogP contribution in [0.2, 0.25) is 5.02 Å². The quantitative estimate of drug-likeness (QED) is 0.897. The topological polar surface area (TPSA) is 42.9 Å². The van der Waals surface area contributed by atoms with Crippen molar-refractivity contribution in [2.24, 2.45) is 5.10 Å². The molecule has 5 heteroatoms. The van der Waals surface area contributed by atoms with Crippen molar-refractivity contribution in [3.05, 3.63) is 64.2 Å². The van der Waals surface area contributed by atoms with Gasteiger partial charge in [0.25, 0.3) is 0 Å². The molecule has 4 nitrogen and oxygen atoms in total. The fourth-order valence-corrected chi connectivity index (χ4v) is 3.12. The molecule has 0 saturated carbocycles. The molecule has 0 aliphatic carbocycles. The lowest BCUT2D eigenvalue weighted by atomic mass is 9.97. The molecule has 0 saturated heterocycles. The van der Waals surface area contributed by atoms with E-state index in [0.717, 1.165) is 39.8 Å². The molecule has 2 heterocycles. The van der Waals surface area contributed by atoms with E-state index in [9.17, 15) is 0 Å². The molecule has 1 atom stereocenters. The van der Waals surface area contributed by atoms with E-state index in [0.29, 0.717) is 0 Å². The third kappa shape index (κ3) is 2.97. The number of ether oxygens (including phenoxy) is 2. The molecule has 24 heavy (non-hydrogen) atoms. The number of hydrazone groups is 1. The summed E-state index contributed by atoms with van der Waals surface area (Å²) in [6.45, 7) is 2.39. The van der Waals surface area contributed by atoms with Crippen LogP contribution in [0, 0.1) is 0 Å². The van der Waals surface area contributed by atoms with Gasteiger partial charge in [0.1, 0.15) is 0 Å². The largest absolute Gasteiger partial charge is 0.454 e. The Kier molecular flexibility index (Phi) is 3.90. The van der Waals surface area contributed by atoms with Gasteiger partial charge in [-0.05, 0) is 54.8 Å². The zero-order valence-corrected chi connectivity index (χ0v) is 14.0. The smallest absolute Gasteiger partial charge is 0.231 e. The van der Waals surface area contributed by atoms with Crippen LogP contribution < -0.4 is 14.9 Å². The Hall–Kier alpha value is -2.46. The Morgan fingerprint density at radius 1 is 1.17 bits per heavy atom. The Morgan fingerprint density at radius 2 is 2.00 bits per heavy atom. The van der Waals surface area contributed by atoms with Crippen molar-refractivity contribution in [3.63, 3.8) is 0 Å². The summed E-state index contributed by atoms with van der Waals surface area (Å²) in [5.41, 5.74) is 7.36. The van der Waals surface area contributed by atoms with E-state index in [1.165, 1.54) is 5.56 Å². The van der Waals surface area contributed by atoms with E-state index in [2.05, 4.69) is 23.5 Å². The molecular weight excluding hydrogens is 324 g/mol. The Balaban J connectivity index is 1.73. The van der Waals surface area contributed by atoms with E-state index >= 15 is 0 Å². The van der Waals surface area contributed by atoms with Crippen LogP contribution in [0.3, 0.4) is 0 Å². The van der Waals surface area contributed by atoms with Crippen molar-refractivity contribution in [1.29, 1.82) is 0 Å². The summed E-state index contributed by atoms with van der Waals surface area (Å²) in [6, 6.07) is 12.1. The maximum atomic E-state index is 6.05. The molecule has 4 rings (SSSR count). The molecule has 0 spiro atoms. The van der Waals surface area contributed by atoms with Gasteiger partial charge in [-0.2, -0.15) is 5.10 Å². The number of fused-ring (bicyclic) bond motifs is 2. The fourth-order valence-electron chi connectivity index (χ4n) is 2.92. The van der Waals surface area contributed by atoms with Gasteiger partial charge in [-0.1, -0.05) is 29.8 Å². The minimum absolute atomic E-state index is 0.251. The number of halogens is 1. The number of allylic oxidation sites excluding steroid dienone is 1. The van der Waals surface area contributed by atoms with Gasteiger partial charge in [0.2, 0.25) is 6.79 Å². The molecule has 0 radical (unpaired) electrons. The van der Waals surface area contributed by atoms with E-state index in [1.807, 2.05) is 42.5 Å². The van der Waals surface area contributed by atoms with Crippen LogP contribution in [0.15, 0.2) is 47.6 Å². The number of nitrogens with one attached hydrogen (secondary N) is 1. The monoisotopic (exact) mass is 340 g/mol. The van der Waals surface area contributed by atoms with Gasteiger partial charge in [-0.3, -0.25) is 0 Å². The zero-order valence-electron chi connectivity index (χ0n) is 13.3. The number of nitrogens with zero attached hydrogens (tertiary/aromatic N) is 1. The van der Waals surface area contributed by atoms with Gasteiger partial charge in [0, 0.05) is 16.6 Å². The van der Waals surface area contributed by atoms with Gasteiger partial charge in [-0.15, -0.1) is 0 Å². The summed E-state index contributed by atoms with van der Waals surface area (Å²) in [6.07, 6.45) is 4.89. The average Bonchev–Trinajstić information content (AvgIpc) is 2.95.